The van der Waals surface area contributed by atoms with Gasteiger partial charge >= 0.3 is 0 Å². The average molecular weight is 264 g/mol. The van der Waals surface area contributed by atoms with Crippen molar-refractivity contribution in [1.82, 2.24) is 0 Å². The summed E-state index contributed by atoms with van der Waals surface area (Å²) < 4.78 is 47.9. The lowest BCUT2D eigenvalue weighted by atomic mass is 10.1. The molecule has 96 valence electrons. The fraction of sp³-hybridized carbons (Fsp3) is 0.455. The first-order valence-electron chi connectivity index (χ1n) is 5.02. The zero-order valence-electron chi connectivity index (χ0n) is 9.52. The highest BCUT2D eigenvalue weighted by Crippen LogP contribution is 2.14. The molecule has 1 aromatic rings. The number of sulfone groups is 1. The van der Waals surface area contributed by atoms with Gasteiger partial charge in [-0.15, -0.1) is 0 Å². The number of aliphatic hydroxyl groups is 1. The SMILES string of the molecule is CC(C(O)Cc1ccc(F)c(F)c1)S(C)(=O)=O. The third-order valence-electron chi connectivity index (χ3n) is 2.65. The molecule has 0 bridgehead atoms. The third kappa shape index (κ3) is 3.74. The van der Waals surface area contributed by atoms with Crippen molar-refractivity contribution in [3.05, 3.63) is 35.4 Å². The number of hydrogen-bond donors (Lipinski definition) is 1. The van der Waals surface area contributed by atoms with Crippen molar-refractivity contribution < 1.29 is 22.3 Å². The lowest BCUT2D eigenvalue weighted by molar-refractivity contribution is 0.173. The quantitative estimate of drug-likeness (QED) is 0.892. The normalized spacial score (nSPS) is 15.6. The predicted molar refractivity (Wildman–Crippen MR) is 60.4 cm³/mol. The fourth-order valence-corrected chi connectivity index (χ4v) is 2.03. The van der Waals surface area contributed by atoms with E-state index in [-0.39, 0.29) is 6.42 Å². The van der Waals surface area contributed by atoms with Gasteiger partial charge in [0.2, 0.25) is 0 Å². The highest BCUT2D eigenvalue weighted by atomic mass is 32.2. The van der Waals surface area contributed by atoms with Crippen molar-refractivity contribution in [2.75, 3.05) is 6.26 Å². The van der Waals surface area contributed by atoms with Crippen LogP contribution in [0.25, 0.3) is 0 Å². The van der Waals surface area contributed by atoms with E-state index in [1.54, 1.807) is 0 Å². The van der Waals surface area contributed by atoms with Crippen LogP contribution in [0.3, 0.4) is 0 Å². The predicted octanol–water partition coefficient (Wildman–Crippen LogP) is 1.30. The van der Waals surface area contributed by atoms with Gasteiger partial charge in [-0.2, -0.15) is 0 Å². The molecule has 1 aromatic carbocycles. The van der Waals surface area contributed by atoms with Crippen LogP contribution in [0.1, 0.15) is 12.5 Å². The van der Waals surface area contributed by atoms with Gasteiger partial charge in [-0.05, 0) is 31.0 Å². The molecule has 0 fully saturated rings. The van der Waals surface area contributed by atoms with Crippen LogP contribution in [0.15, 0.2) is 18.2 Å². The molecule has 6 heteroatoms. The molecule has 0 spiro atoms. The number of rotatable bonds is 4. The second kappa shape index (κ2) is 5.10. The Hall–Kier alpha value is -1.01. The van der Waals surface area contributed by atoms with Crippen molar-refractivity contribution in [2.45, 2.75) is 24.7 Å². The van der Waals surface area contributed by atoms with E-state index in [2.05, 4.69) is 0 Å². The highest BCUT2D eigenvalue weighted by Gasteiger charge is 2.24. The highest BCUT2D eigenvalue weighted by molar-refractivity contribution is 7.91. The van der Waals surface area contributed by atoms with Crippen LogP contribution in [-0.4, -0.2) is 31.1 Å². The van der Waals surface area contributed by atoms with Gasteiger partial charge in [0.25, 0.3) is 0 Å². The first kappa shape index (κ1) is 14.1. The van der Waals surface area contributed by atoms with Crippen LogP contribution < -0.4 is 0 Å². The minimum Gasteiger partial charge on any atom is -0.391 e. The summed E-state index contributed by atoms with van der Waals surface area (Å²) in [6.07, 6.45) is -0.160. The Labute approximate surface area is 99.0 Å². The molecule has 3 nitrogen and oxygen atoms in total. The molecule has 0 saturated heterocycles. The van der Waals surface area contributed by atoms with Crippen LogP contribution in [-0.2, 0) is 16.3 Å². The zero-order valence-corrected chi connectivity index (χ0v) is 10.3. The van der Waals surface area contributed by atoms with Gasteiger partial charge in [-0.3, -0.25) is 0 Å². The topological polar surface area (TPSA) is 54.4 Å². The van der Waals surface area contributed by atoms with Crippen LogP contribution in [0.5, 0.6) is 0 Å². The van der Waals surface area contributed by atoms with Crippen molar-refractivity contribution in [3.63, 3.8) is 0 Å². The van der Waals surface area contributed by atoms with Crippen molar-refractivity contribution >= 4 is 9.84 Å². The second-order valence-electron chi connectivity index (χ2n) is 4.05. The number of hydrogen-bond acceptors (Lipinski definition) is 3. The van der Waals surface area contributed by atoms with Gasteiger partial charge in [0, 0.05) is 6.26 Å². The molecule has 17 heavy (non-hydrogen) atoms. The maximum Gasteiger partial charge on any atom is 0.159 e. The summed E-state index contributed by atoms with van der Waals surface area (Å²) in [6.45, 7) is 1.37. The molecule has 2 unspecified atom stereocenters. The summed E-state index contributed by atoms with van der Waals surface area (Å²) in [5.74, 6) is -1.99. The van der Waals surface area contributed by atoms with E-state index in [0.717, 1.165) is 18.4 Å². The third-order valence-corrected chi connectivity index (χ3v) is 4.31. The Bertz CT molecular complexity index is 499. The summed E-state index contributed by atoms with van der Waals surface area (Å²) in [4.78, 5) is 0. The Balaban J connectivity index is 2.81. The van der Waals surface area contributed by atoms with Gasteiger partial charge in [0.15, 0.2) is 21.5 Å². The van der Waals surface area contributed by atoms with E-state index in [1.165, 1.54) is 13.0 Å². The lowest BCUT2D eigenvalue weighted by Crippen LogP contribution is -2.32. The van der Waals surface area contributed by atoms with Crippen LogP contribution >= 0.6 is 0 Å². The first-order chi connectivity index (χ1) is 7.71. The monoisotopic (exact) mass is 264 g/mol. The molecule has 0 aliphatic rings. The molecule has 0 aliphatic carbocycles. The molecule has 2 atom stereocenters. The van der Waals surface area contributed by atoms with Gasteiger partial charge in [-0.1, -0.05) is 6.07 Å². The number of aliphatic hydroxyl groups excluding tert-OH is 1. The van der Waals surface area contributed by atoms with E-state index >= 15 is 0 Å². The smallest absolute Gasteiger partial charge is 0.159 e. The molecule has 0 aromatic heterocycles. The maximum atomic E-state index is 12.9. The summed E-state index contributed by atoms with van der Waals surface area (Å²) in [5, 5.41) is 8.72. The molecule has 1 rings (SSSR count). The van der Waals surface area contributed by atoms with Gasteiger partial charge in [0.1, 0.15) is 0 Å². The van der Waals surface area contributed by atoms with E-state index in [1.807, 2.05) is 0 Å². The van der Waals surface area contributed by atoms with Crippen molar-refractivity contribution in [1.29, 1.82) is 0 Å². The van der Waals surface area contributed by atoms with Gasteiger partial charge < -0.3 is 5.11 Å². The van der Waals surface area contributed by atoms with Crippen LogP contribution in [0.2, 0.25) is 0 Å². The molecule has 0 aliphatic heterocycles. The molecule has 0 saturated carbocycles. The summed E-state index contributed by atoms with van der Waals surface area (Å²) in [5.41, 5.74) is 0.354. The van der Waals surface area contributed by atoms with Crippen molar-refractivity contribution in [2.24, 2.45) is 0 Å². The average Bonchev–Trinajstić information content (AvgIpc) is 2.21. The Morgan fingerprint density at radius 2 is 1.88 bits per heavy atom. The van der Waals surface area contributed by atoms with E-state index < -0.39 is 32.8 Å². The second-order valence-corrected chi connectivity index (χ2v) is 6.46. The Morgan fingerprint density at radius 3 is 2.35 bits per heavy atom. The largest absolute Gasteiger partial charge is 0.391 e. The number of benzene rings is 1. The first-order valence-corrected chi connectivity index (χ1v) is 6.98. The lowest BCUT2D eigenvalue weighted by Gasteiger charge is -2.17. The molecular weight excluding hydrogens is 250 g/mol. The molecular formula is C11H14F2O3S. The standard InChI is InChI=1S/C11H14F2O3S/c1-7(17(2,15)16)11(14)6-8-3-4-9(12)10(13)5-8/h3-5,7,11,14H,6H2,1-2H3. The maximum absolute atomic E-state index is 12.9. The van der Waals surface area contributed by atoms with Gasteiger partial charge in [-0.25, -0.2) is 17.2 Å². The number of halogens is 2. The summed E-state index contributed by atoms with van der Waals surface area (Å²) in [7, 11) is -3.36. The summed E-state index contributed by atoms with van der Waals surface area (Å²) in [6, 6.07) is 3.21. The molecule has 1 N–H and O–H groups in total. The fourth-order valence-electron chi connectivity index (χ4n) is 1.36. The van der Waals surface area contributed by atoms with Crippen LogP contribution in [0, 0.1) is 11.6 Å². The molecule has 0 radical (unpaired) electrons. The van der Waals surface area contributed by atoms with Crippen molar-refractivity contribution in [3.8, 4) is 0 Å². The van der Waals surface area contributed by atoms with E-state index in [4.69, 9.17) is 0 Å². The minimum absolute atomic E-state index is 0.0363. The molecule has 0 amide bonds. The Kier molecular flexibility index (Phi) is 4.21. The zero-order chi connectivity index (χ0) is 13.2. The van der Waals surface area contributed by atoms with E-state index in [9.17, 15) is 22.3 Å². The van der Waals surface area contributed by atoms with E-state index in [0.29, 0.717) is 5.56 Å². The minimum atomic E-state index is -3.36. The Morgan fingerprint density at radius 1 is 1.29 bits per heavy atom. The molecule has 0 heterocycles. The van der Waals surface area contributed by atoms with Gasteiger partial charge in [0.05, 0.1) is 11.4 Å². The summed E-state index contributed by atoms with van der Waals surface area (Å²) >= 11 is 0. The van der Waals surface area contributed by atoms with Crippen LogP contribution in [0.4, 0.5) is 8.78 Å².